The zero-order valence-corrected chi connectivity index (χ0v) is 32.8. The standard InChI is InChI=1S/C56H35NOS/c1-2-12-36(13-3-1)37-24-28-40(29-25-37)57(41-30-26-39(27-31-41)43-20-10-15-38-14-4-5-16-42(38)43)51-34-32-45(44-17-6-7-18-46(44)51)47-21-11-22-48-49-33-35-53-54(56(49)59-55(47)48)50-19-8-9-23-52(50)58-53/h1-35H. The van der Waals surface area contributed by atoms with Crippen LogP contribution in [0.4, 0.5) is 17.1 Å². The van der Waals surface area contributed by atoms with E-state index < -0.39 is 0 Å². The number of thiophene rings is 1. The molecule has 0 fully saturated rings. The highest BCUT2D eigenvalue weighted by atomic mass is 32.1. The van der Waals surface area contributed by atoms with Crippen LogP contribution in [0.1, 0.15) is 0 Å². The van der Waals surface area contributed by atoms with Crippen molar-refractivity contribution < 1.29 is 4.42 Å². The maximum Gasteiger partial charge on any atom is 0.136 e. The van der Waals surface area contributed by atoms with Crippen LogP contribution < -0.4 is 4.90 Å². The highest BCUT2D eigenvalue weighted by molar-refractivity contribution is 7.27. The second-order valence-corrected chi connectivity index (χ2v) is 16.2. The predicted molar refractivity (Wildman–Crippen MR) is 253 cm³/mol. The van der Waals surface area contributed by atoms with Crippen LogP contribution in [0.25, 0.3) is 97.0 Å². The van der Waals surface area contributed by atoms with Crippen molar-refractivity contribution in [1.82, 2.24) is 0 Å². The molecule has 0 aliphatic rings. The van der Waals surface area contributed by atoms with E-state index in [0.717, 1.165) is 33.6 Å². The fourth-order valence-electron chi connectivity index (χ4n) is 9.12. The quantitative estimate of drug-likeness (QED) is 0.167. The van der Waals surface area contributed by atoms with Crippen molar-refractivity contribution in [3.8, 4) is 33.4 Å². The number of hydrogen-bond acceptors (Lipinski definition) is 3. The molecule has 0 amide bonds. The molecular weight excluding hydrogens is 735 g/mol. The van der Waals surface area contributed by atoms with E-state index in [1.165, 1.54) is 80.5 Å². The first-order valence-corrected chi connectivity index (χ1v) is 20.9. The molecule has 0 aliphatic heterocycles. The van der Waals surface area contributed by atoms with Gasteiger partial charge in [-0.25, -0.2) is 0 Å². The number of nitrogens with zero attached hydrogens (tertiary/aromatic N) is 1. The van der Waals surface area contributed by atoms with E-state index in [4.69, 9.17) is 4.42 Å². The first-order valence-electron chi connectivity index (χ1n) is 20.1. The topological polar surface area (TPSA) is 16.4 Å². The third kappa shape index (κ3) is 5.47. The van der Waals surface area contributed by atoms with Crippen LogP contribution in [0, 0.1) is 0 Å². The molecule has 2 aromatic heterocycles. The molecule has 12 rings (SSSR count). The molecule has 0 atom stereocenters. The molecular formula is C56H35NOS. The van der Waals surface area contributed by atoms with Gasteiger partial charge in [0.2, 0.25) is 0 Å². The number of anilines is 3. The van der Waals surface area contributed by atoms with Gasteiger partial charge >= 0.3 is 0 Å². The normalized spacial score (nSPS) is 11.7. The van der Waals surface area contributed by atoms with Crippen LogP contribution >= 0.6 is 11.3 Å². The van der Waals surface area contributed by atoms with Gasteiger partial charge in [0.15, 0.2) is 0 Å². The van der Waals surface area contributed by atoms with Gasteiger partial charge in [0.05, 0.1) is 5.69 Å². The van der Waals surface area contributed by atoms with Gasteiger partial charge in [-0.1, -0.05) is 164 Å². The van der Waals surface area contributed by atoms with Crippen molar-refractivity contribution in [2.45, 2.75) is 0 Å². The summed E-state index contributed by atoms with van der Waals surface area (Å²) in [5.74, 6) is 0. The molecule has 12 aromatic rings. The molecule has 2 nitrogen and oxygen atoms in total. The van der Waals surface area contributed by atoms with E-state index in [9.17, 15) is 0 Å². The minimum Gasteiger partial charge on any atom is -0.456 e. The summed E-state index contributed by atoms with van der Waals surface area (Å²) in [7, 11) is 0. The number of fused-ring (bicyclic) bond motifs is 9. The Morgan fingerprint density at radius 3 is 1.73 bits per heavy atom. The summed E-state index contributed by atoms with van der Waals surface area (Å²) in [5.41, 5.74) is 12.5. The van der Waals surface area contributed by atoms with E-state index in [-0.39, 0.29) is 0 Å². The smallest absolute Gasteiger partial charge is 0.136 e. The number of rotatable bonds is 6. The minimum atomic E-state index is 0.928. The maximum atomic E-state index is 6.31. The molecule has 10 aromatic carbocycles. The average Bonchev–Trinajstić information content (AvgIpc) is 3.89. The molecule has 0 N–H and O–H groups in total. The summed E-state index contributed by atoms with van der Waals surface area (Å²) in [4.78, 5) is 2.41. The summed E-state index contributed by atoms with van der Waals surface area (Å²) in [6.07, 6.45) is 0. The molecule has 0 bridgehead atoms. The van der Waals surface area contributed by atoms with Gasteiger partial charge in [0, 0.05) is 53.3 Å². The van der Waals surface area contributed by atoms with Gasteiger partial charge in [0.1, 0.15) is 11.2 Å². The molecule has 59 heavy (non-hydrogen) atoms. The lowest BCUT2D eigenvalue weighted by Gasteiger charge is -2.28. The zero-order chi connectivity index (χ0) is 38.9. The molecule has 2 heterocycles. The van der Waals surface area contributed by atoms with Crippen molar-refractivity contribution in [3.05, 3.63) is 212 Å². The molecule has 0 spiro atoms. The largest absolute Gasteiger partial charge is 0.456 e. The second-order valence-electron chi connectivity index (χ2n) is 15.2. The zero-order valence-electron chi connectivity index (χ0n) is 32.0. The Morgan fingerprint density at radius 2 is 0.915 bits per heavy atom. The van der Waals surface area contributed by atoms with Gasteiger partial charge < -0.3 is 9.32 Å². The molecule has 0 saturated heterocycles. The van der Waals surface area contributed by atoms with Crippen molar-refractivity contribution in [3.63, 3.8) is 0 Å². The lowest BCUT2D eigenvalue weighted by Crippen LogP contribution is -2.10. The highest BCUT2D eigenvalue weighted by Crippen LogP contribution is 2.48. The van der Waals surface area contributed by atoms with E-state index in [1.807, 2.05) is 17.4 Å². The number of para-hydroxylation sites is 1. The van der Waals surface area contributed by atoms with Gasteiger partial charge in [-0.05, 0) is 92.5 Å². The van der Waals surface area contributed by atoms with Crippen molar-refractivity contribution in [1.29, 1.82) is 0 Å². The number of hydrogen-bond donors (Lipinski definition) is 0. The van der Waals surface area contributed by atoms with Gasteiger partial charge in [-0.15, -0.1) is 11.3 Å². The van der Waals surface area contributed by atoms with Crippen molar-refractivity contribution in [2.75, 3.05) is 4.90 Å². The highest BCUT2D eigenvalue weighted by Gasteiger charge is 2.21. The van der Waals surface area contributed by atoms with E-state index in [2.05, 4.69) is 211 Å². The molecule has 0 unspecified atom stereocenters. The number of furan rings is 1. The summed E-state index contributed by atoms with van der Waals surface area (Å²) in [5, 5.41) is 9.81. The van der Waals surface area contributed by atoms with Gasteiger partial charge in [-0.2, -0.15) is 0 Å². The summed E-state index contributed by atoms with van der Waals surface area (Å²) < 4.78 is 8.87. The van der Waals surface area contributed by atoms with Crippen LogP contribution in [-0.2, 0) is 0 Å². The summed E-state index contributed by atoms with van der Waals surface area (Å²) >= 11 is 1.87. The molecule has 276 valence electrons. The number of benzene rings is 10. The Labute approximate surface area is 345 Å². The Morgan fingerprint density at radius 1 is 0.322 bits per heavy atom. The Hall–Kier alpha value is -7.46. The monoisotopic (exact) mass is 769 g/mol. The van der Waals surface area contributed by atoms with Crippen molar-refractivity contribution >= 4 is 92.1 Å². The molecule has 0 saturated carbocycles. The molecule has 0 radical (unpaired) electrons. The van der Waals surface area contributed by atoms with Crippen LogP contribution in [0.2, 0.25) is 0 Å². The van der Waals surface area contributed by atoms with Crippen LogP contribution in [0.15, 0.2) is 217 Å². The van der Waals surface area contributed by atoms with Crippen molar-refractivity contribution in [2.24, 2.45) is 0 Å². The minimum absolute atomic E-state index is 0.928. The Bertz CT molecular complexity index is 3540. The summed E-state index contributed by atoms with van der Waals surface area (Å²) in [6, 6.07) is 76.9. The fraction of sp³-hybridized carbons (Fsp3) is 0. The van der Waals surface area contributed by atoms with E-state index in [1.54, 1.807) is 0 Å². The van der Waals surface area contributed by atoms with Gasteiger partial charge in [-0.3, -0.25) is 0 Å². The van der Waals surface area contributed by atoms with Crippen LogP contribution in [0.5, 0.6) is 0 Å². The third-order valence-electron chi connectivity index (χ3n) is 11.9. The molecule has 3 heteroatoms. The van der Waals surface area contributed by atoms with Gasteiger partial charge in [0.25, 0.3) is 0 Å². The lowest BCUT2D eigenvalue weighted by molar-refractivity contribution is 0.669. The summed E-state index contributed by atoms with van der Waals surface area (Å²) in [6.45, 7) is 0. The van der Waals surface area contributed by atoms with Crippen LogP contribution in [-0.4, -0.2) is 0 Å². The average molecular weight is 770 g/mol. The third-order valence-corrected chi connectivity index (χ3v) is 13.2. The van der Waals surface area contributed by atoms with E-state index >= 15 is 0 Å². The first kappa shape index (κ1) is 33.7. The lowest BCUT2D eigenvalue weighted by atomic mass is 9.95. The molecule has 0 aliphatic carbocycles. The Balaban J connectivity index is 1.03. The fourth-order valence-corrected chi connectivity index (χ4v) is 10.5. The SMILES string of the molecule is c1ccc(-c2ccc(N(c3ccc(-c4cccc5ccccc45)cc3)c3ccc(-c4cccc5c4sc4c5ccc5oc6ccccc6c54)c4ccccc34)cc2)cc1. The maximum absolute atomic E-state index is 6.31. The predicted octanol–water partition coefficient (Wildman–Crippen LogP) is 16.7. The second kappa shape index (κ2) is 13.6. The van der Waals surface area contributed by atoms with Crippen LogP contribution in [0.3, 0.4) is 0 Å². The first-order chi connectivity index (χ1) is 29.3. The van der Waals surface area contributed by atoms with E-state index in [0.29, 0.717) is 0 Å². The Kier molecular flexibility index (Phi) is 7.75.